The van der Waals surface area contributed by atoms with Gasteiger partial charge < -0.3 is 26.8 Å². The van der Waals surface area contributed by atoms with Gasteiger partial charge in [-0.05, 0) is 67.5 Å². The number of amides is 1. The molecule has 2 rings (SSSR count). The minimum Gasteiger partial charge on any atom is -0.691 e. The van der Waals surface area contributed by atoms with Crippen LogP contribution in [0, 0.1) is 0 Å². The van der Waals surface area contributed by atoms with E-state index in [1.807, 2.05) is 53.8 Å². The third-order valence-electron chi connectivity index (χ3n) is 4.55. The normalized spacial score (nSPS) is 16.9. The van der Waals surface area contributed by atoms with Gasteiger partial charge in [0.2, 0.25) is 5.91 Å². The van der Waals surface area contributed by atoms with Crippen molar-refractivity contribution in [3.8, 4) is 0 Å². The minimum atomic E-state index is -0.146. The van der Waals surface area contributed by atoms with Crippen LogP contribution in [0.5, 0.6) is 0 Å². The van der Waals surface area contributed by atoms with Gasteiger partial charge in [0, 0.05) is 84.6 Å². The molecule has 2 aliphatic rings. The Morgan fingerprint density at radius 3 is 1.89 bits per heavy atom. The van der Waals surface area contributed by atoms with Crippen LogP contribution in [-0.2, 0) is 25.9 Å². The van der Waals surface area contributed by atoms with Crippen molar-refractivity contribution < 1.29 is 31.0 Å². The Labute approximate surface area is 237 Å². The molecule has 2 saturated heterocycles. The molecule has 0 spiro atoms. The van der Waals surface area contributed by atoms with E-state index in [1.165, 1.54) is 32.4 Å². The molecule has 8 nitrogen and oxygen atoms in total. The molecule has 214 valence electrons. The van der Waals surface area contributed by atoms with Crippen molar-refractivity contribution in [2.75, 3.05) is 66.0 Å². The summed E-state index contributed by atoms with van der Waals surface area (Å²) in [6.45, 7) is 23.7. The second kappa shape index (κ2) is 24.6. The maximum Gasteiger partial charge on any atom is 0.244 e. The number of hydrogen-bond acceptors (Lipinski definition) is 6. The summed E-state index contributed by atoms with van der Waals surface area (Å²) in [7, 11) is 1.00. The summed E-state index contributed by atoms with van der Waals surface area (Å²) in [6, 6.07) is 0. The van der Waals surface area contributed by atoms with Crippen LogP contribution < -0.4 is 16.4 Å². The number of rotatable bonds is 7. The van der Waals surface area contributed by atoms with Crippen LogP contribution in [0.15, 0.2) is 24.4 Å². The summed E-state index contributed by atoms with van der Waals surface area (Å²) in [5, 5.41) is 17.4. The van der Waals surface area contributed by atoms with Crippen molar-refractivity contribution >= 4 is 5.91 Å². The minimum absolute atomic E-state index is 0. The van der Waals surface area contributed by atoms with E-state index in [0.29, 0.717) is 0 Å². The summed E-state index contributed by atoms with van der Waals surface area (Å²) >= 11 is 0. The van der Waals surface area contributed by atoms with E-state index >= 15 is 0 Å². The number of carbonyl (C=O) groups is 1. The summed E-state index contributed by atoms with van der Waals surface area (Å²) in [5.74, 6) is 0.00418. The zero-order chi connectivity index (χ0) is 27.2. The third kappa shape index (κ3) is 33.2. The van der Waals surface area contributed by atoms with Crippen molar-refractivity contribution in [2.24, 2.45) is 5.73 Å². The van der Waals surface area contributed by atoms with Gasteiger partial charge in [0.25, 0.3) is 0 Å². The van der Waals surface area contributed by atoms with Crippen LogP contribution in [-0.4, -0.2) is 97.9 Å². The number of likely N-dealkylation sites (tertiary alicyclic amines) is 1. The molecule has 0 aromatic rings. The number of nitrogens with two attached hydrogens (primary N) is 1. The summed E-state index contributed by atoms with van der Waals surface area (Å²) < 4.78 is 0. The molecule has 5 N–H and O–H groups in total. The fourth-order valence-corrected chi connectivity index (χ4v) is 3.13. The summed E-state index contributed by atoms with van der Waals surface area (Å²) in [5.41, 5.74) is 5.21. The second-order valence-electron chi connectivity index (χ2n) is 10.8. The second-order valence-corrected chi connectivity index (χ2v) is 10.8. The van der Waals surface area contributed by atoms with E-state index in [-0.39, 0.29) is 38.1 Å². The molecule has 0 aromatic carbocycles. The monoisotopic (exact) mass is 681 g/mol. The van der Waals surface area contributed by atoms with Gasteiger partial charge >= 0.3 is 0 Å². The van der Waals surface area contributed by atoms with Gasteiger partial charge in [-0.1, -0.05) is 25.5 Å². The van der Waals surface area contributed by atoms with Gasteiger partial charge in [0.05, 0.1) is 0 Å². The molecule has 1 amide bonds. The Morgan fingerprint density at radius 1 is 0.944 bits per heavy atom. The molecule has 0 aliphatic carbocycles. The average molecular weight is 682 g/mol. The summed E-state index contributed by atoms with van der Waals surface area (Å²) in [4.78, 5) is 16.3. The van der Waals surface area contributed by atoms with Crippen molar-refractivity contribution in [2.45, 2.75) is 78.8 Å². The molecule has 36 heavy (non-hydrogen) atoms. The number of nitrogens with one attached hydrogen (secondary N) is 2. The first-order valence-electron chi connectivity index (χ1n) is 13.1. The van der Waals surface area contributed by atoms with Crippen LogP contribution in [0.4, 0.5) is 0 Å². The molecular formula is C27H57N6O2W-. The van der Waals surface area contributed by atoms with E-state index in [4.69, 9.17) is 10.8 Å². The van der Waals surface area contributed by atoms with Crippen LogP contribution in [0.25, 0.3) is 5.32 Å². The van der Waals surface area contributed by atoms with Crippen LogP contribution in [0.2, 0.25) is 0 Å². The van der Waals surface area contributed by atoms with Gasteiger partial charge in [-0.15, -0.1) is 6.54 Å². The van der Waals surface area contributed by atoms with Crippen molar-refractivity contribution in [3.05, 3.63) is 29.7 Å². The molecule has 9 heteroatoms. The molecule has 2 fully saturated rings. The van der Waals surface area contributed by atoms with Gasteiger partial charge in [0.1, 0.15) is 0 Å². The number of piperazine rings is 1. The first-order valence-corrected chi connectivity index (χ1v) is 13.1. The number of carbonyl (C=O) groups excluding carboxylic acids is 1. The molecule has 0 unspecified atom stereocenters. The molecule has 2 aliphatic heterocycles. The fraction of sp³-hybridized carbons (Fsp3) is 0.815. The van der Waals surface area contributed by atoms with E-state index < -0.39 is 0 Å². The number of nitrogens with zero attached hydrogens (tertiary/aromatic N) is 3. The van der Waals surface area contributed by atoms with Crippen LogP contribution in [0.3, 0.4) is 0 Å². The summed E-state index contributed by atoms with van der Waals surface area (Å²) in [6.07, 6.45) is 11.6. The number of hydrogen-bond donors (Lipinski definition) is 4. The van der Waals surface area contributed by atoms with Crippen molar-refractivity contribution in [1.82, 2.24) is 20.4 Å². The number of aliphatic hydroxyl groups excluding tert-OH is 1. The van der Waals surface area contributed by atoms with E-state index in [0.717, 1.165) is 52.9 Å². The zero-order valence-electron chi connectivity index (χ0n) is 24.5. The SMILES string of the molecule is CC(C)(C)N.CC(C)(C)NC(=O)/C=C/CN1CCCCC1.CC[N-]/C=C\CN1CCNCC1.CO.[W]. The van der Waals surface area contributed by atoms with E-state index in [2.05, 4.69) is 38.7 Å². The molecule has 0 atom stereocenters. The van der Waals surface area contributed by atoms with E-state index in [9.17, 15) is 4.79 Å². The van der Waals surface area contributed by atoms with E-state index in [1.54, 1.807) is 6.08 Å². The maximum absolute atomic E-state index is 11.5. The first-order chi connectivity index (χ1) is 16.4. The van der Waals surface area contributed by atoms with Crippen molar-refractivity contribution in [3.63, 3.8) is 0 Å². The molecule has 0 bridgehead atoms. The van der Waals surface area contributed by atoms with Crippen LogP contribution >= 0.6 is 0 Å². The van der Waals surface area contributed by atoms with Gasteiger partial charge in [0.15, 0.2) is 0 Å². The standard InChI is InChI=1S/C13H24N2O.C9H18N3.C4H11N.CH4O.W/c1-13(2,3)14-12(16)8-7-11-15-9-5-4-6-10-15;1-2-10-4-3-7-12-8-5-11-6-9-12;1-4(2,3)5;1-2;/h7-8H,4-6,9-11H2,1-3H3,(H,14,16);3-4,11H,2,5-9H2,1H3;5H2,1-3H3;2H,1H3;/q;-1;;;/b8-7+;4-3-;;;. The predicted molar refractivity (Wildman–Crippen MR) is 152 cm³/mol. The molecule has 2 heterocycles. The first kappa shape index (κ1) is 39.7. The van der Waals surface area contributed by atoms with Gasteiger partial charge in [-0.3, -0.25) is 14.6 Å². The quantitative estimate of drug-likeness (QED) is 0.308. The molecule has 0 aromatic heterocycles. The van der Waals surface area contributed by atoms with Crippen LogP contribution in [0.1, 0.15) is 67.7 Å². The largest absolute Gasteiger partial charge is 0.691 e. The Balaban J connectivity index is -0.000000481. The molecule has 0 saturated carbocycles. The Morgan fingerprint density at radius 2 is 1.42 bits per heavy atom. The topological polar surface area (TPSA) is 108 Å². The Bertz CT molecular complexity index is 541. The average Bonchev–Trinajstić information content (AvgIpc) is 2.78. The molecule has 0 radical (unpaired) electrons. The predicted octanol–water partition coefficient (Wildman–Crippen LogP) is 3.09. The number of piperidine rings is 1. The number of aliphatic hydroxyl groups is 1. The third-order valence-corrected chi connectivity index (χ3v) is 4.55. The fourth-order valence-electron chi connectivity index (χ4n) is 3.13. The van der Waals surface area contributed by atoms with Gasteiger partial charge in [-0.25, -0.2) is 0 Å². The maximum atomic E-state index is 11.5. The molecular weight excluding hydrogens is 624 g/mol. The Kier molecular flexibility index (Phi) is 27.1. The van der Waals surface area contributed by atoms with Gasteiger partial charge in [-0.2, -0.15) is 6.20 Å². The smallest absolute Gasteiger partial charge is 0.244 e. The Hall–Kier alpha value is -0.762. The zero-order valence-corrected chi connectivity index (χ0v) is 27.4. The van der Waals surface area contributed by atoms with Crippen molar-refractivity contribution in [1.29, 1.82) is 0 Å².